The van der Waals surface area contributed by atoms with E-state index in [4.69, 9.17) is 0 Å². The minimum absolute atomic E-state index is 0.158. The Balaban J connectivity index is 1.75. The number of rotatable bonds is 3. The number of nitrogens with zero attached hydrogens (tertiary/aromatic N) is 2. The van der Waals surface area contributed by atoms with Crippen molar-refractivity contribution in [1.29, 1.82) is 0 Å². The number of piperazine rings is 1. The summed E-state index contributed by atoms with van der Waals surface area (Å²) in [6.45, 7) is 10.1. The van der Waals surface area contributed by atoms with Gasteiger partial charge < -0.3 is 10.0 Å². The zero-order chi connectivity index (χ0) is 13.3. The quantitative estimate of drug-likeness (QED) is 0.815. The normalized spacial score (nSPS) is 24.1. The van der Waals surface area contributed by atoms with Gasteiger partial charge in [0.15, 0.2) is 0 Å². The Morgan fingerprint density at radius 2 is 1.78 bits per heavy atom. The Kier molecular flexibility index (Phi) is 3.97. The third-order valence-corrected chi connectivity index (χ3v) is 3.91. The molecule has 104 valence electrons. The molecule has 0 aromatic carbocycles. The molecule has 1 aliphatic heterocycles. The maximum Gasteiger partial charge on any atom is 0.228 e. The van der Waals surface area contributed by atoms with Gasteiger partial charge in [0, 0.05) is 38.1 Å². The molecule has 0 aromatic heterocycles. The fourth-order valence-electron chi connectivity index (χ4n) is 2.50. The van der Waals surface area contributed by atoms with E-state index in [2.05, 4.69) is 4.90 Å². The summed E-state index contributed by atoms with van der Waals surface area (Å²) in [5.41, 5.74) is -0.282. The second-order valence-corrected chi connectivity index (χ2v) is 6.75. The second kappa shape index (κ2) is 5.17. The maximum absolute atomic E-state index is 12.1. The second-order valence-electron chi connectivity index (χ2n) is 6.75. The highest BCUT2D eigenvalue weighted by Gasteiger charge is 2.33. The molecule has 4 heteroatoms. The van der Waals surface area contributed by atoms with Crippen LogP contribution in [-0.2, 0) is 4.79 Å². The van der Waals surface area contributed by atoms with E-state index in [0.29, 0.717) is 5.92 Å². The number of β-amino-alcohol motifs (C(OH)–C–C–N with tert-alkyl or cyclic N) is 1. The molecular formula is C14H26N2O2. The summed E-state index contributed by atoms with van der Waals surface area (Å²) >= 11 is 0. The number of carbonyl (C=O) groups is 1. The lowest BCUT2D eigenvalue weighted by atomic mass is 9.94. The van der Waals surface area contributed by atoms with Crippen LogP contribution in [-0.4, -0.2) is 59.6 Å². The van der Waals surface area contributed by atoms with Crippen LogP contribution in [0.15, 0.2) is 0 Å². The zero-order valence-corrected chi connectivity index (χ0v) is 11.9. The molecule has 1 saturated carbocycles. The van der Waals surface area contributed by atoms with Crippen LogP contribution in [0.25, 0.3) is 0 Å². The fourth-order valence-corrected chi connectivity index (χ4v) is 2.50. The van der Waals surface area contributed by atoms with Crippen LogP contribution >= 0.6 is 0 Å². The number of amides is 1. The van der Waals surface area contributed by atoms with E-state index in [-0.39, 0.29) is 17.4 Å². The lowest BCUT2D eigenvalue weighted by Crippen LogP contribution is -2.53. The molecule has 1 amide bonds. The molecular weight excluding hydrogens is 228 g/mol. The minimum atomic E-state index is -0.282. The molecule has 0 unspecified atom stereocenters. The molecule has 2 fully saturated rings. The van der Waals surface area contributed by atoms with Crippen molar-refractivity contribution >= 4 is 5.91 Å². The Bertz CT molecular complexity index is 299. The van der Waals surface area contributed by atoms with Crippen molar-refractivity contribution in [3.8, 4) is 0 Å². The fraction of sp³-hybridized carbons (Fsp3) is 0.929. The van der Waals surface area contributed by atoms with Crippen molar-refractivity contribution < 1.29 is 9.90 Å². The highest BCUT2D eigenvalue weighted by Crippen LogP contribution is 2.33. The average Bonchev–Trinajstić information content (AvgIpc) is 3.11. The third kappa shape index (κ3) is 3.45. The molecule has 0 aromatic rings. The summed E-state index contributed by atoms with van der Waals surface area (Å²) in [6.07, 6.45) is 2.21. The molecule has 1 atom stereocenters. The Labute approximate surface area is 110 Å². The zero-order valence-electron chi connectivity index (χ0n) is 11.9. The van der Waals surface area contributed by atoms with E-state index < -0.39 is 0 Å². The number of aliphatic hydroxyl groups is 1. The molecule has 0 spiro atoms. The first-order valence-corrected chi connectivity index (χ1v) is 7.08. The largest absolute Gasteiger partial charge is 0.392 e. The summed E-state index contributed by atoms with van der Waals surface area (Å²) < 4.78 is 0. The molecule has 1 aliphatic carbocycles. The number of hydrogen-bond acceptors (Lipinski definition) is 3. The Morgan fingerprint density at radius 3 is 2.22 bits per heavy atom. The van der Waals surface area contributed by atoms with Gasteiger partial charge in [0.1, 0.15) is 0 Å². The van der Waals surface area contributed by atoms with Crippen molar-refractivity contribution in [2.45, 2.75) is 39.7 Å². The summed E-state index contributed by atoms with van der Waals surface area (Å²) in [5, 5.41) is 9.92. The van der Waals surface area contributed by atoms with Crippen LogP contribution in [0.1, 0.15) is 33.6 Å². The van der Waals surface area contributed by atoms with Crippen molar-refractivity contribution in [3.05, 3.63) is 0 Å². The van der Waals surface area contributed by atoms with Gasteiger partial charge in [-0.15, -0.1) is 0 Å². The molecule has 4 nitrogen and oxygen atoms in total. The third-order valence-electron chi connectivity index (χ3n) is 3.91. The van der Waals surface area contributed by atoms with Crippen LogP contribution < -0.4 is 0 Å². The van der Waals surface area contributed by atoms with E-state index in [1.54, 1.807) is 0 Å². The minimum Gasteiger partial charge on any atom is -0.392 e. The molecule has 0 radical (unpaired) electrons. The van der Waals surface area contributed by atoms with Gasteiger partial charge in [-0.2, -0.15) is 0 Å². The molecule has 1 heterocycles. The summed E-state index contributed by atoms with van der Waals surface area (Å²) in [5.74, 6) is 0.782. The highest BCUT2D eigenvalue weighted by molar-refractivity contribution is 5.81. The smallest absolute Gasteiger partial charge is 0.228 e. The molecule has 0 bridgehead atoms. The van der Waals surface area contributed by atoms with Crippen LogP contribution in [0.2, 0.25) is 0 Å². The lowest BCUT2D eigenvalue weighted by Gasteiger charge is -2.38. The van der Waals surface area contributed by atoms with Gasteiger partial charge in [-0.3, -0.25) is 9.69 Å². The van der Waals surface area contributed by atoms with Crippen molar-refractivity contribution in [3.63, 3.8) is 0 Å². The van der Waals surface area contributed by atoms with E-state index in [0.717, 1.165) is 32.7 Å². The summed E-state index contributed by atoms with van der Waals surface area (Å²) in [7, 11) is 0. The first-order valence-electron chi connectivity index (χ1n) is 7.08. The van der Waals surface area contributed by atoms with Crippen LogP contribution in [0, 0.1) is 11.3 Å². The predicted molar refractivity (Wildman–Crippen MR) is 71.2 cm³/mol. The van der Waals surface area contributed by atoms with E-state index >= 15 is 0 Å². The van der Waals surface area contributed by atoms with Gasteiger partial charge in [-0.25, -0.2) is 0 Å². The maximum atomic E-state index is 12.1. The lowest BCUT2D eigenvalue weighted by molar-refractivity contribution is -0.141. The van der Waals surface area contributed by atoms with Crippen LogP contribution in [0.5, 0.6) is 0 Å². The first kappa shape index (κ1) is 13.8. The SMILES string of the molecule is CC(C)(C)C(=O)N1CCN(C[C@H](O)C2CC2)CC1. The van der Waals surface area contributed by atoms with Crippen molar-refractivity contribution in [1.82, 2.24) is 9.80 Å². The monoisotopic (exact) mass is 254 g/mol. The Hall–Kier alpha value is -0.610. The summed E-state index contributed by atoms with van der Waals surface area (Å²) in [4.78, 5) is 16.4. The molecule has 18 heavy (non-hydrogen) atoms. The number of carbonyl (C=O) groups excluding carboxylic acids is 1. The highest BCUT2D eigenvalue weighted by atomic mass is 16.3. The predicted octanol–water partition coefficient (Wildman–Crippen LogP) is 0.948. The van der Waals surface area contributed by atoms with Gasteiger partial charge in [0.25, 0.3) is 0 Å². The van der Waals surface area contributed by atoms with E-state index in [1.165, 1.54) is 12.8 Å². The van der Waals surface area contributed by atoms with Gasteiger partial charge in [-0.05, 0) is 18.8 Å². The Morgan fingerprint density at radius 1 is 1.22 bits per heavy atom. The number of aliphatic hydroxyl groups excluding tert-OH is 1. The topological polar surface area (TPSA) is 43.8 Å². The van der Waals surface area contributed by atoms with E-state index in [1.807, 2.05) is 25.7 Å². The van der Waals surface area contributed by atoms with Crippen molar-refractivity contribution in [2.75, 3.05) is 32.7 Å². The van der Waals surface area contributed by atoms with Gasteiger partial charge >= 0.3 is 0 Å². The standard InChI is InChI=1S/C14H26N2O2/c1-14(2,3)13(18)16-8-6-15(7-9-16)10-12(17)11-4-5-11/h11-12,17H,4-10H2,1-3H3/t12-/m0/s1. The molecule has 1 N–H and O–H groups in total. The molecule has 1 saturated heterocycles. The van der Waals surface area contributed by atoms with Gasteiger partial charge in [-0.1, -0.05) is 20.8 Å². The van der Waals surface area contributed by atoms with Gasteiger partial charge in [0.05, 0.1) is 6.10 Å². The summed E-state index contributed by atoms with van der Waals surface area (Å²) in [6, 6.07) is 0. The first-order chi connectivity index (χ1) is 8.38. The molecule has 2 rings (SSSR count). The average molecular weight is 254 g/mol. The number of hydrogen-bond donors (Lipinski definition) is 1. The van der Waals surface area contributed by atoms with Gasteiger partial charge in [0.2, 0.25) is 5.91 Å². The van der Waals surface area contributed by atoms with Crippen molar-refractivity contribution in [2.24, 2.45) is 11.3 Å². The van der Waals surface area contributed by atoms with Crippen LogP contribution in [0.3, 0.4) is 0 Å². The molecule has 2 aliphatic rings. The van der Waals surface area contributed by atoms with Crippen LogP contribution in [0.4, 0.5) is 0 Å². The van der Waals surface area contributed by atoms with E-state index in [9.17, 15) is 9.90 Å².